The van der Waals surface area contributed by atoms with Crippen molar-refractivity contribution in [1.82, 2.24) is 0 Å². The van der Waals surface area contributed by atoms with Gasteiger partial charge in [-0.15, -0.1) is 0 Å². The Morgan fingerprint density at radius 2 is 1.57 bits per heavy atom. The van der Waals surface area contributed by atoms with Gasteiger partial charge in [0.25, 0.3) is 5.92 Å². The minimum Gasteiger partial charge on any atom is -0.382 e. The molecule has 1 rings (SSSR count). The van der Waals surface area contributed by atoms with Crippen molar-refractivity contribution < 1.29 is 13.9 Å². The Hall–Kier alpha value is -0.960. The van der Waals surface area contributed by atoms with Crippen molar-refractivity contribution >= 4 is 0 Å². The Bertz CT molecular complexity index is 308. The summed E-state index contributed by atoms with van der Waals surface area (Å²) in [5.41, 5.74) is 2.03. The van der Waals surface area contributed by atoms with Gasteiger partial charge in [0, 0.05) is 6.92 Å². The zero-order chi connectivity index (χ0) is 10.9. The number of aryl methyl sites for hydroxylation is 2. The lowest BCUT2D eigenvalue weighted by Gasteiger charge is -2.19. The van der Waals surface area contributed by atoms with Crippen molar-refractivity contribution in [2.45, 2.75) is 32.8 Å². The number of aliphatic hydroxyl groups excluding tert-OH is 1. The van der Waals surface area contributed by atoms with E-state index in [-0.39, 0.29) is 5.56 Å². The van der Waals surface area contributed by atoms with Crippen LogP contribution < -0.4 is 0 Å². The molecule has 0 saturated heterocycles. The van der Waals surface area contributed by atoms with Crippen LogP contribution in [0.15, 0.2) is 18.2 Å². The van der Waals surface area contributed by atoms with Crippen LogP contribution >= 0.6 is 0 Å². The van der Waals surface area contributed by atoms with E-state index >= 15 is 0 Å². The molecule has 1 nitrogen and oxygen atoms in total. The largest absolute Gasteiger partial charge is 0.382 e. The molecule has 0 aliphatic heterocycles. The van der Waals surface area contributed by atoms with Gasteiger partial charge in [0.05, 0.1) is 0 Å². The monoisotopic (exact) mass is 200 g/mol. The normalized spacial score (nSPS) is 14.1. The molecule has 3 heteroatoms. The van der Waals surface area contributed by atoms with E-state index in [1.54, 1.807) is 12.1 Å². The van der Waals surface area contributed by atoms with Gasteiger partial charge in [-0.05, 0) is 19.4 Å². The third kappa shape index (κ3) is 2.51. The highest BCUT2D eigenvalue weighted by Crippen LogP contribution is 2.31. The fraction of sp³-hybridized carbons (Fsp3) is 0.455. The van der Waals surface area contributed by atoms with E-state index in [9.17, 15) is 13.9 Å². The van der Waals surface area contributed by atoms with Crippen molar-refractivity contribution in [3.05, 3.63) is 34.9 Å². The Labute approximate surface area is 82.4 Å². The van der Waals surface area contributed by atoms with Crippen LogP contribution in [0.3, 0.4) is 0 Å². The van der Waals surface area contributed by atoms with Crippen molar-refractivity contribution in [3.8, 4) is 0 Å². The summed E-state index contributed by atoms with van der Waals surface area (Å²) in [7, 11) is 0. The first kappa shape index (κ1) is 11.1. The average Bonchev–Trinajstić information content (AvgIpc) is 1.99. The summed E-state index contributed by atoms with van der Waals surface area (Å²) in [5, 5.41) is 9.36. The second-order valence-corrected chi connectivity index (χ2v) is 3.78. The van der Waals surface area contributed by atoms with Gasteiger partial charge in [-0.25, -0.2) is 8.78 Å². The summed E-state index contributed by atoms with van der Waals surface area (Å²) in [5.74, 6) is -3.10. The van der Waals surface area contributed by atoms with E-state index in [0.29, 0.717) is 0 Å². The van der Waals surface area contributed by atoms with Crippen LogP contribution in [-0.2, 0) is 0 Å². The second-order valence-electron chi connectivity index (χ2n) is 3.78. The molecule has 0 aliphatic rings. The fourth-order valence-corrected chi connectivity index (χ4v) is 1.46. The van der Waals surface area contributed by atoms with Crippen LogP contribution in [0.4, 0.5) is 8.78 Å². The van der Waals surface area contributed by atoms with Gasteiger partial charge in [-0.2, -0.15) is 0 Å². The van der Waals surface area contributed by atoms with Gasteiger partial charge < -0.3 is 5.11 Å². The van der Waals surface area contributed by atoms with Gasteiger partial charge in [0.2, 0.25) is 0 Å². The van der Waals surface area contributed by atoms with Crippen LogP contribution in [0.2, 0.25) is 0 Å². The van der Waals surface area contributed by atoms with Crippen LogP contribution in [0, 0.1) is 13.8 Å². The van der Waals surface area contributed by atoms with Crippen LogP contribution in [0.5, 0.6) is 0 Å². The summed E-state index contributed by atoms with van der Waals surface area (Å²) in [4.78, 5) is 0. The van der Waals surface area contributed by atoms with E-state index in [2.05, 4.69) is 0 Å². The molecule has 78 valence electrons. The van der Waals surface area contributed by atoms with Crippen LogP contribution in [0.1, 0.15) is 29.7 Å². The maximum atomic E-state index is 12.8. The predicted molar refractivity (Wildman–Crippen MR) is 51.5 cm³/mol. The fourth-order valence-electron chi connectivity index (χ4n) is 1.46. The summed E-state index contributed by atoms with van der Waals surface area (Å²) in [6.45, 7) is 4.35. The number of halogens is 2. The van der Waals surface area contributed by atoms with Crippen LogP contribution in [0.25, 0.3) is 0 Å². The number of alkyl halides is 2. The van der Waals surface area contributed by atoms with Crippen molar-refractivity contribution in [1.29, 1.82) is 0 Å². The van der Waals surface area contributed by atoms with Gasteiger partial charge >= 0.3 is 0 Å². The number of hydrogen-bond donors (Lipinski definition) is 1. The molecule has 1 N–H and O–H groups in total. The van der Waals surface area contributed by atoms with E-state index in [1.165, 1.54) is 0 Å². The lowest BCUT2D eigenvalue weighted by atomic mass is 10.00. The standard InChI is InChI=1S/C11H14F2O/c1-7-4-8(2)6-9(5-7)10(14)11(3,12)13/h4-6,10,14H,1-3H3. The topological polar surface area (TPSA) is 20.2 Å². The average molecular weight is 200 g/mol. The SMILES string of the molecule is Cc1cc(C)cc(C(O)C(C)(F)F)c1. The lowest BCUT2D eigenvalue weighted by Crippen LogP contribution is -2.21. The maximum Gasteiger partial charge on any atom is 0.274 e. The lowest BCUT2D eigenvalue weighted by molar-refractivity contribution is -0.0954. The summed E-state index contributed by atoms with van der Waals surface area (Å²) in [6.07, 6.45) is -1.72. The minimum absolute atomic E-state index is 0.273. The van der Waals surface area contributed by atoms with E-state index in [4.69, 9.17) is 0 Å². The zero-order valence-corrected chi connectivity index (χ0v) is 8.51. The Balaban J connectivity index is 3.07. The molecule has 0 bridgehead atoms. The minimum atomic E-state index is -3.10. The highest BCUT2D eigenvalue weighted by molar-refractivity contribution is 5.30. The first-order chi connectivity index (χ1) is 6.30. The first-order valence-electron chi connectivity index (χ1n) is 4.45. The highest BCUT2D eigenvalue weighted by atomic mass is 19.3. The van der Waals surface area contributed by atoms with Crippen molar-refractivity contribution in [3.63, 3.8) is 0 Å². The molecular formula is C11H14F2O. The van der Waals surface area contributed by atoms with Crippen molar-refractivity contribution in [2.24, 2.45) is 0 Å². The number of hydrogen-bond acceptors (Lipinski definition) is 1. The van der Waals surface area contributed by atoms with Crippen LogP contribution in [-0.4, -0.2) is 11.0 Å². The molecule has 0 amide bonds. The molecule has 0 heterocycles. The zero-order valence-electron chi connectivity index (χ0n) is 8.51. The Morgan fingerprint density at radius 3 is 1.93 bits per heavy atom. The number of aliphatic hydroxyl groups is 1. The smallest absolute Gasteiger partial charge is 0.274 e. The molecule has 0 aliphatic carbocycles. The quantitative estimate of drug-likeness (QED) is 0.778. The second kappa shape index (κ2) is 3.65. The molecule has 0 fully saturated rings. The third-order valence-electron chi connectivity index (χ3n) is 2.04. The molecule has 0 saturated carbocycles. The Morgan fingerprint density at radius 1 is 1.14 bits per heavy atom. The van der Waals surface area contributed by atoms with Gasteiger partial charge in [-0.3, -0.25) is 0 Å². The first-order valence-corrected chi connectivity index (χ1v) is 4.45. The van der Waals surface area contributed by atoms with E-state index in [1.807, 2.05) is 19.9 Å². The molecule has 1 unspecified atom stereocenters. The molecule has 1 aromatic carbocycles. The van der Waals surface area contributed by atoms with E-state index < -0.39 is 12.0 Å². The molecule has 0 radical (unpaired) electrons. The van der Waals surface area contributed by atoms with Gasteiger partial charge in [0.15, 0.2) is 0 Å². The Kier molecular flexibility index (Phi) is 2.90. The molecule has 0 aromatic heterocycles. The maximum absolute atomic E-state index is 12.8. The summed E-state index contributed by atoms with van der Waals surface area (Å²) in [6, 6.07) is 5.04. The molecular weight excluding hydrogens is 186 g/mol. The van der Waals surface area contributed by atoms with Gasteiger partial charge in [-0.1, -0.05) is 29.3 Å². The third-order valence-corrected chi connectivity index (χ3v) is 2.04. The van der Waals surface area contributed by atoms with E-state index in [0.717, 1.165) is 18.1 Å². The molecule has 1 aromatic rings. The summed E-state index contributed by atoms with van der Waals surface area (Å²) >= 11 is 0. The predicted octanol–water partition coefficient (Wildman–Crippen LogP) is 2.99. The van der Waals surface area contributed by atoms with Crippen molar-refractivity contribution in [2.75, 3.05) is 0 Å². The molecule has 1 atom stereocenters. The number of rotatable bonds is 2. The molecule has 14 heavy (non-hydrogen) atoms. The summed E-state index contributed by atoms with van der Waals surface area (Å²) < 4.78 is 25.6. The van der Waals surface area contributed by atoms with Gasteiger partial charge in [0.1, 0.15) is 6.10 Å². The molecule has 0 spiro atoms. The highest BCUT2D eigenvalue weighted by Gasteiger charge is 2.33. The number of benzene rings is 1.